The molecule has 0 bridgehead atoms. The lowest BCUT2D eigenvalue weighted by atomic mass is 9.33. The van der Waals surface area contributed by atoms with Crippen molar-refractivity contribution in [1.82, 2.24) is 9.97 Å². The lowest BCUT2D eigenvalue weighted by molar-refractivity contribution is 0.568. The van der Waals surface area contributed by atoms with Gasteiger partial charge in [0.1, 0.15) is 0 Å². The van der Waals surface area contributed by atoms with Crippen LogP contribution in [0, 0.1) is 0 Å². The molecule has 0 saturated heterocycles. The molecular formula is C76H81BN4. The molecule has 1 aromatic heterocycles. The highest BCUT2D eigenvalue weighted by Crippen LogP contribution is 2.50. The number of fused-ring (bicyclic) bond motifs is 7. The van der Waals surface area contributed by atoms with Gasteiger partial charge in [0.05, 0.1) is 11.2 Å². The summed E-state index contributed by atoms with van der Waals surface area (Å²) in [5, 5.41) is 5.93. The molecule has 0 saturated carbocycles. The highest BCUT2D eigenvalue weighted by atomic mass is 15.2. The number of rotatable bonds is 4. The molecule has 2 aliphatic heterocycles. The summed E-state index contributed by atoms with van der Waals surface area (Å²) >= 11 is 0. The van der Waals surface area contributed by atoms with Crippen LogP contribution in [-0.4, -0.2) is 16.7 Å². The normalized spacial score (nSPS) is 14.0. The number of hydrogen-bond acceptors (Lipinski definition) is 4. The van der Waals surface area contributed by atoms with Crippen molar-refractivity contribution in [3.63, 3.8) is 0 Å². The molecule has 0 spiro atoms. The first kappa shape index (κ1) is 54.1. The Morgan fingerprint density at radius 2 is 0.667 bits per heavy atom. The Labute approximate surface area is 483 Å². The summed E-state index contributed by atoms with van der Waals surface area (Å²) in [5.74, 6) is 0.698. The Kier molecular flexibility index (Phi) is 12.4. The van der Waals surface area contributed by atoms with Gasteiger partial charge in [0.15, 0.2) is 5.82 Å². The molecule has 2 aliphatic rings. The number of nitrogens with zero attached hydrogens (tertiary/aromatic N) is 4. The maximum absolute atomic E-state index is 5.85. The van der Waals surface area contributed by atoms with E-state index >= 15 is 0 Å². The summed E-state index contributed by atoms with van der Waals surface area (Å²) in [4.78, 5) is 16.7. The van der Waals surface area contributed by atoms with E-state index in [2.05, 4.69) is 298 Å². The van der Waals surface area contributed by atoms with Crippen LogP contribution in [0.25, 0.3) is 55.1 Å². The summed E-state index contributed by atoms with van der Waals surface area (Å²) in [7, 11) is 0. The SMILES string of the molecule is CC(C)(C)c1cc(-c2nc(-c3cc4c5c(c3)N(c3cc(C(C)(C)C)cc(C(C)(C)C)c3)c3cc6ccccc6cc3B5c3cc5ccccc5cc3N4c3cc(C(C)(C)C)cc(C(C)(C)C)c3)nc3ccccc23)cc(C(C)(C)C)c1. The minimum Gasteiger partial charge on any atom is -0.311 e. The van der Waals surface area contributed by atoms with Crippen LogP contribution in [0.15, 0.2) is 164 Å². The molecule has 0 atom stereocenters. The van der Waals surface area contributed by atoms with E-state index in [0.717, 1.165) is 50.5 Å². The van der Waals surface area contributed by atoms with Crippen molar-refractivity contribution in [2.24, 2.45) is 0 Å². The molecule has 0 unspecified atom stereocenters. The molecule has 12 rings (SSSR count). The molecule has 0 N–H and O–H groups in total. The fraction of sp³-hybridized carbons (Fsp3) is 0.316. The second-order valence-electron chi connectivity index (χ2n) is 29.8. The summed E-state index contributed by atoms with van der Waals surface area (Å²) in [5.41, 5.74) is 21.9. The molecule has 4 nitrogen and oxygen atoms in total. The summed E-state index contributed by atoms with van der Waals surface area (Å²) < 4.78 is 0. The van der Waals surface area contributed by atoms with Crippen LogP contribution in [0.1, 0.15) is 158 Å². The van der Waals surface area contributed by atoms with Crippen molar-refractivity contribution in [2.45, 2.75) is 157 Å². The van der Waals surface area contributed by atoms with Crippen LogP contribution in [0.5, 0.6) is 0 Å². The molecule has 408 valence electrons. The van der Waals surface area contributed by atoms with Gasteiger partial charge in [-0.15, -0.1) is 0 Å². The van der Waals surface area contributed by atoms with Crippen molar-refractivity contribution >= 4 is 89.7 Å². The lowest BCUT2D eigenvalue weighted by Crippen LogP contribution is -2.61. The van der Waals surface area contributed by atoms with E-state index in [0.29, 0.717) is 5.82 Å². The molecule has 0 fully saturated rings. The van der Waals surface area contributed by atoms with Gasteiger partial charge in [-0.1, -0.05) is 222 Å². The van der Waals surface area contributed by atoms with Crippen LogP contribution < -0.4 is 26.2 Å². The number of para-hydroxylation sites is 1. The standard InChI is InChI=1S/C76H81BN4/c1-71(2,3)52-31-50(32-53(39-52)72(4,5)6)69-60-29-23-24-30-63(60)78-70(79-69)51-37-66-68-67(38-51)81(59-44-56(75(13,14)15)41-57(45-59)76(16,17)18)65-36-49-28-22-20-26-47(49)34-62(65)77(68)61-33-46-25-19-21-27-48(46)35-64(61)80(66)58-42-54(73(7,8)9)40-55(43-58)74(10,11)12/h19-45H,1-18H3. The van der Waals surface area contributed by atoms with Gasteiger partial charge in [-0.3, -0.25) is 0 Å². The van der Waals surface area contributed by atoms with E-state index in [1.807, 2.05) is 0 Å². The van der Waals surface area contributed by atoms with Gasteiger partial charge in [0, 0.05) is 50.6 Å². The lowest BCUT2D eigenvalue weighted by Gasteiger charge is -2.45. The van der Waals surface area contributed by atoms with Crippen molar-refractivity contribution in [2.75, 3.05) is 9.80 Å². The predicted molar refractivity (Wildman–Crippen MR) is 352 cm³/mol. The smallest absolute Gasteiger partial charge is 0.252 e. The molecule has 0 radical (unpaired) electrons. The minimum absolute atomic E-state index is 0.0795. The van der Waals surface area contributed by atoms with Crippen LogP contribution in [-0.2, 0) is 32.5 Å². The summed E-state index contributed by atoms with van der Waals surface area (Å²) in [6, 6.07) is 63.3. The average molecular weight is 1060 g/mol. The third-order valence-electron chi connectivity index (χ3n) is 17.4. The van der Waals surface area contributed by atoms with Crippen molar-refractivity contribution < 1.29 is 0 Å². The summed E-state index contributed by atoms with van der Waals surface area (Å²) in [6.07, 6.45) is 0. The third kappa shape index (κ3) is 9.63. The molecule has 0 aliphatic carbocycles. The zero-order chi connectivity index (χ0) is 57.7. The van der Waals surface area contributed by atoms with Crippen LogP contribution in [0.2, 0.25) is 0 Å². The maximum Gasteiger partial charge on any atom is 0.252 e. The van der Waals surface area contributed by atoms with E-state index in [-0.39, 0.29) is 39.2 Å². The quantitative estimate of drug-likeness (QED) is 0.164. The molecule has 81 heavy (non-hydrogen) atoms. The number of anilines is 6. The van der Waals surface area contributed by atoms with E-state index in [9.17, 15) is 0 Å². The third-order valence-corrected chi connectivity index (χ3v) is 17.4. The van der Waals surface area contributed by atoms with Gasteiger partial charge in [-0.05, 0) is 171 Å². The largest absolute Gasteiger partial charge is 0.311 e. The minimum atomic E-state index is -0.117. The monoisotopic (exact) mass is 1060 g/mol. The van der Waals surface area contributed by atoms with Gasteiger partial charge in [-0.25, -0.2) is 9.97 Å². The van der Waals surface area contributed by atoms with Crippen LogP contribution in [0.4, 0.5) is 34.1 Å². The molecule has 5 heteroatoms. The topological polar surface area (TPSA) is 32.3 Å². The van der Waals surface area contributed by atoms with E-state index in [4.69, 9.17) is 9.97 Å². The van der Waals surface area contributed by atoms with E-state index < -0.39 is 0 Å². The molecule has 10 aromatic rings. The maximum atomic E-state index is 5.85. The zero-order valence-electron chi connectivity index (χ0n) is 51.5. The Bertz CT molecular complexity index is 3910. The van der Waals surface area contributed by atoms with Crippen molar-refractivity contribution in [3.05, 3.63) is 197 Å². The Morgan fingerprint density at radius 3 is 1.05 bits per heavy atom. The molecule has 9 aromatic carbocycles. The predicted octanol–water partition coefficient (Wildman–Crippen LogP) is 19.1. The fourth-order valence-electron chi connectivity index (χ4n) is 12.3. The van der Waals surface area contributed by atoms with Gasteiger partial charge in [0.2, 0.25) is 0 Å². The van der Waals surface area contributed by atoms with Crippen molar-refractivity contribution in [3.8, 4) is 22.6 Å². The Balaban J connectivity index is 1.27. The van der Waals surface area contributed by atoms with E-state index in [1.54, 1.807) is 0 Å². The first-order valence-corrected chi connectivity index (χ1v) is 29.5. The van der Waals surface area contributed by atoms with Gasteiger partial charge in [0.25, 0.3) is 6.71 Å². The fourth-order valence-corrected chi connectivity index (χ4v) is 12.3. The number of benzene rings is 9. The van der Waals surface area contributed by atoms with Crippen LogP contribution >= 0.6 is 0 Å². The molecular weight excluding hydrogens is 980 g/mol. The van der Waals surface area contributed by atoms with Crippen molar-refractivity contribution in [1.29, 1.82) is 0 Å². The van der Waals surface area contributed by atoms with Gasteiger partial charge < -0.3 is 9.80 Å². The summed E-state index contributed by atoms with van der Waals surface area (Å²) in [6.45, 7) is 42.0. The number of hydrogen-bond donors (Lipinski definition) is 0. The average Bonchev–Trinajstić information content (AvgIpc) is 3.60. The van der Waals surface area contributed by atoms with Crippen LogP contribution in [0.3, 0.4) is 0 Å². The Hall–Kier alpha value is -7.50. The van der Waals surface area contributed by atoms with E-state index in [1.165, 1.54) is 82.7 Å². The molecule has 0 amide bonds. The van der Waals surface area contributed by atoms with Gasteiger partial charge in [-0.2, -0.15) is 0 Å². The zero-order valence-corrected chi connectivity index (χ0v) is 51.5. The highest BCUT2D eigenvalue weighted by molar-refractivity contribution is 7.00. The second-order valence-corrected chi connectivity index (χ2v) is 29.8. The Morgan fingerprint density at radius 1 is 0.321 bits per heavy atom. The molecule has 3 heterocycles. The highest BCUT2D eigenvalue weighted by Gasteiger charge is 2.45. The second kappa shape index (κ2) is 18.5. The first-order chi connectivity index (χ1) is 37.9. The van der Waals surface area contributed by atoms with Gasteiger partial charge >= 0.3 is 0 Å². The number of aromatic nitrogens is 2. The first-order valence-electron chi connectivity index (χ1n) is 29.5.